The monoisotopic (exact) mass is 538 g/mol. The van der Waals surface area contributed by atoms with E-state index in [1.165, 1.54) is 23.0 Å². The number of nitrogens with zero attached hydrogens (tertiary/aromatic N) is 5. The smallest absolute Gasteiger partial charge is 0.252 e. The molecule has 0 unspecified atom stereocenters. The van der Waals surface area contributed by atoms with E-state index in [2.05, 4.69) is 15.2 Å². The molecule has 1 saturated heterocycles. The van der Waals surface area contributed by atoms with Crippen molar-refractivity contribution in [3.8, 4) is 17.7 Å². The zero-order valence-corrected chi connectivity index (χ0v) is 23.1. The number of thiazole rings is 1. The molecule has 1 N–H and O–H groups in total. The highest BCUT2D eigenvalue weighted by atomic mass is 32.1. The van der Waals surface area contributed by atoms with E-state index < -0.39 is 0 Å². The summed E-state index contributed by atoms with van der Waals surface area (Å²) in [5.41, 5.74) is 7.21. The Balaban J connectivity index is 1.26. The number of rotatable bonds is 8. The third-order valence-corrected chi connectivity index (χ3v) is 7.60. The molecule has 1 fully saturated rings. The number of carbonyl (C=O) groups is 1. The Morgan fingerprint density at radius 3 is 2.56 bits per heavy atom. The summed E-state index contributed by atoms with van der Waals surface area (Å²) < 4.78 is 6.34. The molecule has 0 amide bonds. The van der Waals surface area contributed by atoms with Crippen LogP contribution in [0.25, 0.3) is 16.4 Å². The zero-order valence-electron chi connectivity index (χ0n) is 22.3. The first kappa shape index (κ1) is 26.5. The van der Waals surface area contributed by atoms with Crippen molar-refractivity contribution in [3.05, 3.63) is 75.8 Å². The van der Waals surface area contributed by atoms with Crippen molar-refractivity contribution in [1.29, 1.82) is 5.26 Å². The van der Waals surface area contributed by atoms with Crippen LogP contribution >= 0.6 is 11.3 Å². The number of aryl methyl sites for hydroxylation is 2. The molecule has 0 aliphatic carbocycles. The summed E-state index contributed by atoms with van der Waals surface area (Å²) in [4.78, 5) is 28.6. The third kappa shape index (κ3) is 6.30. The number of ketones is 1. The van der Waals surface area contributed by atoms with Gasteiger partial charge in [-0.15, -0.1) is 11.3 Å². The molecule has 0 bridgehead atoms. The number of aromatic nitrogens is 3. The Kier molecular flexibility index (Phi) is 7.96. The summed E-state index contributed by atoms with van der Waals surface area (Å²) in [5.74, 6) is 1.80. The van der Waals surface area contributed by atoms with E-state index >= 15 is 0 Å². The maximum atomic E-state index is 11.5. The highest BCUT2D eigenvalue weighted by Gasteiger charge is 2.22. The van der Waals surface area contributed by atoms with Gasteiger partial charge in [0.15, 0.2) is 16.1 Å². The van der Waals surface area contributed by atoms with Gasteiger partial charge in [-0.3, -0.25) is 9.69 Å². The molecule has 5 rings (SSSR count). The first-order chi connectivity index (χ1) is 18.9. The van der Waals surface area contributed by atoms with E-state index in [0.29, 0.717) is 17.3 Å². The molecule has 2 aromatic heterocycles. The summed E-state index contributed by atoms with van der Waals surface area (Å²) in [6, 6.07) is 14.2. The van der Waals surface area contributed by atoms with Gasteiger partial charge in [0.1, 0.15) is 5.75 Å². The molecule has 198 valence electrons. The standard InChI is InChI=1S/C30H30N6O2S/c1-19-15-23(5-4-12-31)16-20(2)27(19)38-28-26-29(39-18-32-26)35-30(34-28)33-25-10-13-36(14-11-25)17-22-6-8-24(9-7-22)21(3)37/h4-9,15-16,18,25H,10-11,13-14,17H2,1-3H3,(H,33,34,35)/b5-4+. The topological polar surface area (TPSA) is 104 Å². The second-order valence-corrected chi connectivity index (χ2v) is 10.7. The quantitative estimate of drug-likeness (QED) is 0.206. The van der Waals surface area contributed by atoms with E-state index in [1.54, 1.807) is 18.5 Å². The zero-order chi connectivity index (χ0) is 27.4. The average molecular weight is 539 g/mol. The van der Waals surface area contributed by atoms with Crippen LogP contribution in [0.15, 0.2) is 48.0 Å². The van der Waals surface area contributed by atoms with Crippen LogP contribution in [0.2, 0.25) is 0 Å². The van der Waals surface area contributed by atoms with Gasteiger partial charge in [0.05, 0.1) is 11.6 Å². The van der Waals surface area contributed by atoms with Crippen LogP contribution in [-0.4, -0.2) is 44.8 Å². The van der Waals surface area contributed by atoms with E-state index in [0.717, 1.165) is 65.3 Å². The van der Waals surface area contributed by atoms with Gasteiger partial charge < -0.3 is 10.1 Å². The van der Waals surface area contributed by atoms with Crippen molar-refractivity contribution in [2.24, 2.45) is 0 Å². The summed E-state index contributed by atoms with van der Waals surface area (Å²) >= 11 is 1.46. The van der Waals surface area contributed by atoms with Crippen LogP contribution < -0.4 is 10.1 Å². The Hall–Kier alpha value is -4.13. The lowest BCUT2D eigenvalue weighted by Gasteiger charge is -2.32. The van der Waals surface area contributed by atoms with Crippen LogP contribution in [0.1, 0.15) is 52.4 Å². The summed E-state index contributed by atoms with van der Waals surface area (Å²) in [6.07, 6.45) is 5.20. The number of ether oxygens (including phenoxy) is 1. The van der Waals surface area contributed by atoms with Crippen molar-refractivity contribution in [3.63, 3.8) is 0 Å². The molecule has 0 radical (unpaired) electrons. The lowest BCUT2D eigenvalue weighted by molar-refractivity contribution is 0.101. The van der Waals surface area contributed by atoms with Crippen molar-refractivity contribution in [2.75, 3.05) is 18.4 Å². The molecule has 0 saturated carbocycles. The Labute approximate surface area is 232 Å². The van der Waals surface area contributed by atoms with Gasteiger partial charge in [-0.2, -0.15) is 15.2 Å². The number of likely N-dealkylation sites (tertiary alicyclic amines) is 1. The van der Waals surface area contributed by atoms with E-state index in [1.807, 2.05) is 56.3 Å². The Bertz CT molecular complexity index is 1540. The lowest BCUT2D eigenvalue weighted by atomic mass is 10.0. The van der Waals surface area contributed by atoms with Gasteiger partial charge in [-0.05, 0) is 74.1 Å². The average Bonchev–Trinajstić information content (AvgIpc) is 3.40. The Morgan fingerprint density at radius 1 is 1.18 bits per heavy atom. The van der Waals surface area contributed by atoms with Crippen LogP contribution in [0.4, 0.5) is 5.95 Å². The normalized spacial score (nSPS) is 14.5. The molecule has 39 heavy (non-hydrogen) atoms. The molecule has 3 heterocycles. The SMILES string of the molecule is CC(=O)c1ccc(CN2CCC(Nc3nc(Oc4c(C)cc(/C=C/C#N)cc4C)c4ncsc4n3)CC2)cc1. The molecule has 4 aromatic rings. The fraction of sp³-hybridized carbons (Fsp3) is 0.300. The number of piperidine rings is 1. The van der Waals surface area contributed by atoms with E-state index in [4.69, 9.17) is 20.0 Å². The number of carbonyl (C=O) groups excluding carboxylic acids is 1. The van der Waals surface area contributed by atoms with Crippen LogP contribution in [0.5, 0.6) is 11.6 Å². The molecule has 0 spiro atoms. The second kappa shape index (κ2) is 11.7. The maximum absolute atomic E-state index is 11.5. The van der Waals surface area contributed by atoms with Gasteiger partial charge in [0, 0.05) is 37.3 Å². The number of Topliss-reactive ketones (excluding diaryl/α,β-unsaturated/α-hetero) is 1. The van der Waals surface area contributed by atoms with E-state index in [9.17, 15) is 4.79 Å². The third-order valence-electron chi connectivity index (χ3n) is 6.89. The van der Waals surface area contributed by atoms with Crippen molar-refractivity contribution >= 4 is 39.5 Å². The predicted molar refractivity (Wildman–Crippen MR) is 154 cm³/mol. The summed E-state index contributed by atoms with van der Waals surface area (Å²) in [6.45, 7) is 8.35. The predicted octanol–water partition coefficient (Wildman–Crippen LogP) is 6.31. The number of fused-ring (bicyclic) bond motifs is 1. The molecule has 9 heteroatoms. The second-order valence-electron chi connectivity index (χ2n) is 9.85. The number of hydrogen-bond donors (Lipinski definition) is 1. The van der Waals surface area contributed by atoms with Crippen LogP contribution in [-0.2, 0) is 6.54 Å². The fourth-order valence-corrected chi connectivity index (χ4v) is 5.51. The van der Waals surface area contributed by atoms with Crippen LogP contribution in [0.3, 0.4) is 0 Å². The number of benzene rings is 2. The first-order valence-electron chi connectivity index (χ1n) is 12.9. The molecule has 1 aliphatic rings. The number of nitrogens with one attached hydrogen (secondary N) is 1. The minimum atomic E-state index is 0.0911. The highest BCUT2D eigenvalue weighted by Crippen LogP contribution is 2.34. The molecular weight excluding hydrogens is 508 g/mol. The van der Waals surface area contributed by atoms with Gasteiger partial charge in [0.2, 0.25) is 5.95 Å². The minimum absolute atomic E-state index is 0.0911. The highest BCUT2D eigenvalue weighted by molar-refractivity contribution is 7.16. The molecule has 8 nitrogen and oxygen atoms in total. The number of allylic oxidation sites excluding steroid dienone is 1. The number of hydrogen-bond acceptors (Lipinski definition) is 9. The molecular formula is C30H30N6O2S. The van der Waals surface area contributed by atoms with Gasteiger partial charge in [-0.1, -0.05) is 24.3 Å². The Morgan fingerprint density at radius 2 is 1.90 bits per heavy atom. The van der Waals surface area contributed by atoms with E-state index in [-0.39, 0.29) is 11.8 Å². The van der Waals surface area contributed by atoms with Crippen LogP contribution in [0, 0.1) is 25.2 Å². The maximum Gasteiger partial charge on any atom is 0.252 e. The fourth-order valence-electron chi connectivity index (χ4n) is 4.86. The first-order valence-corrected chi connectivity index (χ1v) is 13.8. The van der Waals surface area contributed by atoms with Gasteiger partial charge in [-0.25, -0.2) is 4.98 Å². The molecule has 0 atom stereocenters. The van der Waals surface area contributed by atoms with Gasteiger partial charge >= 0.3 is 0 Å². The van der Waals surface area contributed by atoms with Crippen molar-refractivity contribution in [1.82, 2.24) is 19.9 Å². The number of anilines is 1. The van der Waals surface area contributed by atoms with Crippen molar-refractivity contribution in [2.45, 2.75) is 46.2 Å². The lowest BCUT2D eigenvalue weighted by Crippen LogP contribution is -2.39. The van der Waals surface area contributed by atoms with Gasteiger partial charge in [0.25, 0.3) is 5.88 Å². The van der Waals surface area contributed by atoms with Crippen molar-refractivity contribution < 1.29 is 9.53 Å². The number of nitriles is 1. The molecule has 2 aromatic carbocycles. The molecule has 1 aliphatic heterocycles. The minimum Gasteiger partial charge on any atom is -0.436 e. The summed E-state index contributed by atoms with van der Waals surface area (Å²) in [5, 5.41) is 12.4. The summed E-state index contributed by atoms with van der Waals surface area (Å²) in [7, 11) is 0. The largest absolute Gasteiger partial charge is 0.436 e.